The Morgan fingerprint density at radius 1 is 1.17 bits per heavy atom. The normalized spacial score (nSPS) is 15.6. The first-order valence-corrected chi connectivity index (χ1v) is 8.80. The standard InChI is InChI=1S/C19H19BrN4/c20-18-13-17(14-21)19(22-15-18)24-11-9-23(10-12-24)8-4-7-16-5-2-1-3-6-16/h1-7,13,15H,8-12H2/b7-4+. The highest BCUT2D eigenvalue weighted by Crippen LogP contribution is 2.22. The van der Waals surface area contributed by atoms with E-state index in [1.807, 2.05) is 12.1 Å². The number of benzene rings is 1. The summed E-state index contributed by atoms with van der Waals surface area (Å²) in [6, 6.07) is 14.4. The topological polar surface area (TPSA) is 43.2 Å². The van der Waals surface area contributed by atoms with Crippen LogP contribution in [0.2, 0.25) is 0 Å². The third kappa shape index (κ3) is 4.22. The fourth-order valence-electron chi connectivity index (χ4n) is 2.81. The average Bonchev–Trinajstić information content (AvgIpc) is 2.63. The molecule has 0 spiro atoms. The zero-order valence-electron chi connectivity index (χ0n) is 13.4. The van der Waals surface area contributed by atoms with Crippen molar-refractivity contribution in [2.24, 2.45) is 0 Å². The molecule has 2 heterocycles. The monoisotopic (exact) mass is 382 g/mol. The van der Waals surface area contributed by atoms with Crippen LogP contribution in [0.3, 0.4) is 0 Å². The first-order valence-electron chi connectivity index (χ1n) is 8.01. The summed E-state index contributed by atoms with van der Waals surface area (Å²) < 4.78 is 0.840. The lowest BCUT2D eigenvalue weighted by Gasteiger charge is -2.35. The number of hydrogen-bond donors (Lipinski definition) is 0. The van der Waals surface area contributed by atoms with Crippen molar-refractivity contribution in [1.29, 1.82) is 5.26 Å². The zero-order valence-corrected chi connectivity index (χ0v) is 15.0. The molecule has 1 aromatic carbocycles. The minimum Gasteiger partial charge on any atom is -0.353 e. The lowest BCUT2D eigenvalue weighted by Crippen LogP contribution is -2.46. The van der Waals surface area contributed by atoms with Crippen molar-refractivity contribution in [3.05, 3.63) is 64.3 Å². The summed E-state index contributed by atoms with van der Waals surface area (Å²) >= 11 is 3.37. The van der Waals surface area contributed by atoms with Crippen molar-refractivity contribution in [3.8, 4) is 6.07 Å². The van der Waals surface area contributed by atoms with E-state index in [0.717, 1.165) is 43.0 Å². The summed E-state index contributed by atoms with van der Waals surface area (Å²) in [4.78, 5) is 9.04. The highest BCUT2D eigenvalue weighted by Gasteiger charge is 2.19. The van der Waals surface area contributed by atoms with Crippen molar-refractivity contribution >= 4 is 27.8 Å². The molecule has 0 unspecified atom stereocenters. The van der Waals surface area contributed by atoms with Crippen LogP contribution in [0.1, 0.15) is 11.1 Å². The predicted molar refractivity (Wildman–Crippen MR) is 101 cm³/mol. The molecule has 122 valence electrons. The first-order chi connectivity index (χ1) is 11.8. The van der Waals surface area contributed by atoms with Crippen LogP contribution in [-0.2, 0) is 0 Å². The molecule has 0 radical (unpaired) electrons. The van der Waals surface area contributed by atoms with Crippen LogP contribution < -0.4 is 4.90 Å². The molecule has 1 saturated heterocycles. The molecular weight excluding hydrogens is 364 g/mol. The second-order valence-corrected chi connectivity index (χ2v) is 6.65. The Balaban J connectivity index is 1.55. The lowest BCUT2D eigenvalue weighted by molar-refractivity contribution is 0.283. The van der Waals surface area contributed by atoms with Gasteiger partial charge in [0.15, 0.2) is 0 Å². The third-order valence-electron chi connectivity index (χ3n) is 4.10. The molecule has 5 heteroatoms. The molecule has 0 aliphatic carbocycles. The van der Waals surface area contributed by atoms with Crippen LogP contribution in [0.15, 0.2) is 53.1 Å². The second kappa shape index (κ2) is 8.09. The minimum atomic E-state index is 0.627. The van der Waals surface area contributed by atoms with E-state index in [0.29, 0.717) is 5.56 Å². The largest absolute Gasteiger partial charge is 0.353 e. The van der Waals surface area contributed by atoms with Gasteiger partial charge in [-0.25, -0.2) is 4.98 Å². The van der Waals surface area contributed by atoms with Gasteiger partial charge in [0.2, 0.25) is 0 Å². The Bertz CT molecular complexity index is 744. The highest BCUT2D eigenvalue weighted by molar-refractivity contribution is 9.10. The molecule has 1 fully saturated rings. The molecule has 4 nitrogen and oxygen atoms in total. The molecule has 1 aliphatic heterocycles. The van der Waals surface area contributed by atoms with Crippen LogP contribution in [0.25, 0.3) is 6.08 Å². The predicted octanol–water partition coefficient (Wildman–Crippen LogP) is 3.55. The number of anilines is 1. The van der Waals surface area contributed by atoms with E-state index in [1.54, 1.807) is 6.20 Å². The molecule has 24 heavy (non-hydrogen) atoms. The Hall–Kier alpha value is -2.16. The second-order valence-electron chi connectivity index (χ2n) is 5.74. The van der Waals surface area contributed by atoms with Gasteiger partial charge < -0.3 is 4.90 Å². The summed E-state index contributed by atoms with van der Waals surface area (Å²) in [6.07, 6.45) is 6.13. The number of aromatic nitrogens is 1. The number of pyridine rings is 1. The van der Waals surface area contributed by atoms with Crippen LogP contribution in [-0.4, -0.2) is 42.6 Å². The first kappa shape index (κ1) is 16.7. The van der Waals surface area contributed by atoms with Crippen LogP contribution in [0.5, 0.6) is 0 Å². The third-order valence-corrected chi connectivity index (χ3v) is 4.53. The van der Waals surface area contributed by atoms with Gasteiger partial charge in [-0.2, -0.15) is 5.26 Å². The number of nitrogens with zero attached hydrogens (tertiary/aromatic N) is 4. The quantitative estimate of drug-likeness (QED) is 0.810. The molecular formula is C19H19BrN4. The van der Waals surface area contributed by atoms with Gasteiger partial charge in [-0.3, -0.25) is 4.90 Å². The van der Waals surface area contributed by atoms with Gasteiger partial charge in [-0.05, 0) is 27.6 Å². The van der Waals surface area contributed by atoms with Gasteiger partial charge in [-0.15, -0.1) is 0 Å². The number of hydrogen-bond acceptors (Lipinski definition) is 4. The van der Waals surface area contributed by atoms with E-state index in [2.05, 4.69) is 73.2 Å². The Morgan fingerprint density at radius 2 is 1.92 bits per heavy atom. The van der Waals surface area contributed by atoms with E-state index in [9.17, 15) is 5.26 Å². The fraction of sp³-hybridized carbons (Fsp3) is 0.263. The van der Waals surface area contributed by atoms with Gasteiger partial charge in [0.1, 0.15) is 11.9 Å². The summed E-state index contributed by atoms with van der Waals surface area (Å²) in [7, 11) is 0. The number of halogens is 1. The van der Waals surface area contributed by atoms with E-state index >= 15 is 0 Å². The van der Waals surface area contributed by atoms with Gasteiger partial charge in [-0.1, -0.05) is 42.5 Å². The molecule has 0 bridgehead atoms. The van der Waals surface area contributed by atoms with Crippen molar-refractivity contribution in [2.45, 2.75) is 0 Å². The smallest absolute Gasteiger partial charge is 0.146 e. The van der Waals surface area contributed by atoms with Crippen molar-refractivity contribution in [1.82, 2.24) is 9.88 Å². The van der Waals surface area contributed by atoms with Crippen molar-refractivity contribution < 1.29 is 0 Å². The lowest BCUT2D eigenvalue weighted by atomic mass is 10.2. The van der Waals surface area contributed by atoms with E-state index < -0.39 is 0 Å². The number of rotatable bonds is 4. The number of nitriles is 1. The van der Waals surface area contributed by atoms with Crippen molar-refractivity contribution in [3.63, 3.8) is 0 Å². The summed E-state index contributed by atoms with van der Waals surface area (Å²) in [5.74, 6) is 0.792. The van der Waals surface area contributed by atoms with Gasteiger partial charge in [0.25, 0.3) is 0 Å². The summed E-state index contributed by atoms with van der Waals surface area (Å²) in [5.41, 5.74) is 1.86. The van der Waals surface area contributed by atoms with Gasteiger partial charge >= 0.3 is 0 Å². The van der Waals surface area contributed by atoms with Crippen LogP contribution in [0.4, 0.5) is 5.82 Å². The maximum atomic E-state index is 9.29. The van der Waals surface area contributed by atoms with Crippen LogP contribution >= 0.6 is 15.9 Å². The Morgan fingerprint density at radius 3 is 2.62 bits per heavy atom. The zero-order chi connectivity index (χ0) is 16.8. The molecule has 0 amide bonds. The van der Waals surface area contributed by atoms with Gasteiger partial charge in [0, 0.05) is 43.4 Å². The molecule has 3 rings (SSSR count). The molecule has 0 atom stereocenters. The van der Waals surface area contributed by atoms with Gasteiger partial charge in [0.05, 0.1) is 5.56 Å². The summed E-state index contributed by atoms with van der Waals surface area (Å²) in [5, 5.41) is 9.29. The maximum Gasteiger partial charge on any atom is 0.146 e. The molecule has 0 N–H and O–H groups in total. The summed E-state index contributed by atoms with van der Waals surface area (Å²) in [6.45, 7) is 4.68. The van der Waals surface area contributed by atoms with E-state index in [4.69, 9.17) is 0 Å². The fourth-order valence-corrected chi connectivity index (χ4v) is 3.14. The van der Waals surface area contributed by atoms with E-state index in [1.165, 1.54) is 5.56 Å². The molecule has 1 aromatic heterocycles. The van der Waals surface area contributed by atoms with E-state index in [-0.39, 0.29) is 0 Å². The Kier molecular flexibility index (Phi) is 5.63. The number of piperazine rings is 1. The highest BCUT2D eigenvalue weighted by atomic mass is 79.9. The Labute approximate surface area is 151 Å². The maximum absolute atomic E-state index is 9.29. The SMILES string of the molecule is N#Cc1cc(Br)cnc1N1CCN(C/C=C/c2ccccc2)CC1. The molecule has 2 aromatic rings. The van der Waals surface area contributed by atoms with Crippen molar-refractivity contribution in [2.75, 3.05) is 37.6 Å². The molecule has 1 aliphatic rings. The molecule has 0 saturated carbocycles. The van der Waals surface area contributed by atoms with Crippen LogP contribution in [0, 0.1) is 11.3 Å². The minimum absolute atomic E-state index is 0.627. The average molecular weight is 383 g/mol.